The van der Waals surface area contributed by atoms with Gasteiger partial charge in [-0.3, -0.25) is 4.18 Å². The third-order valence-corrected chi connectivity index (χ3v) is 5.89. The van der Waals surface area contributed by atoms with E-state index in [2.05, 4.69) is 0 Å². The van der Waals surface area contributed by atoms with E-state index >= 15 is 0 Å². The van der Waals surface area contributed by atoms with E-state index in [-0.39, 0.29) is 6.10 Å². The smallest absolute Gasteiger partial charge is 0.190 e. The molecule has 0 aromatic heterocycles. The predicted octanol–water partition coefficient (Wildman–Crippen LogP) is 2.43. The lowest BCUT2D eigenvalue weighted by Crippen LogP contribution is -2.44. The van der Waals surface area contributed by atoms with Crippen LogP contribution in [0.25, 0.3) is 0 Å². The Morgan fingerprint density at radius 1 is 1.00 bits per heavy atom. The largest absolute Gasteiger partial charge is 0.348 e. The van der Waals surface area contributed by atoms with Crippen LogP contribution >= 0.6 is 0 Å². The molecule has 1 aromatic rings. The molecule has 3 saturated heterocycles. The Bertz CT molecular complexity index is 717. The maximum atomic E-state index is 12.8. The van der Waals surface area contributed by atoms with Crippen LogP contribution in [0.4, 0.5) is 0 Å². The van der Waals surface area contributed by atoms with E-state index < -0.39 is 47.3 Å². The highest BCUT2D eigenvalue weighted by Gasteiger charge is 2.59. The Morgan fingerprint density at radius 3 is 2.33 bits per heavy atom. The normalized spacial score (nSPS) is 38.0. The van der Waals surface area contributed by atoms with Gasteiger partial charge in [0.05, 0.1) is 11.5 Å². The SMILES string of the molecule is Cc1ccc(S(=O)O[C@@H]2[C@H]3OC(C)(C)O[C@H]3O[C@@H]2[C@H]2COC(C)(C)O2)cc1. The average molecular weight is 398 g/mol. The molecule has 27 heavy (non-hydrogen) atoms. The number of benzene rings is 1. The molecule has 4 rings (SSSR count). The van der Waals surface area contributed by atoms with Gasteiger partial charge in [0.15, 0.2) is 28.9 Å². The van der Waals surface area contributed by atoms with Crippen LogP contribution in [0.5, 0.6) is 0 Å². The highest BCUT2D eigenvalue weighted by molar-refractivity contribution is 7.80. The summed E-state index contributed by atoms with van der Waals surface area (Å²) >= 11 is -1.67. The Labute approximate surface area is 161 Å². The number of hydrogen-bond acceptors (Lipinski definition) is 7. The molecule has 3 fully saturated rings. The highest BCUT2D eigenvalue weighted by Crippen LogP contribution is 2.42. The summed E-state index contributed by atoms with van der Waals surface area (Å²) < 4.78 is 48.2. The van der Waals surface area contributed by atoms with Gasteiger partial charge in [-0.1, -0.05) is 17.7 Å². The fourth-order valence-corrected chi connectivity index (χ4v) is 4.49. The number of hydrogen-bond donors (Lipinski definition) is 0. The number of aryl methyl sites for hydroxylation is 1. The summed E-state index contributed by atoms with van der Waals surface area (Å²) in [4.78, 5) is 0.588. The molecule has 0 aliphatic carbocycles. The third kappa shape index (κ3) is 3.98. The van der Waals surface area contributed by atoms with E-state index in [4.69, 9.17) is 27.9 Å². The number of rotatable bonds is 4. The molecule has 0 saturated carbocycles. The second-order valence-electron chi connectivity index (χ2n) is 8.04. The van der Waals surface area contributed by atoms with E-state index in [1.54, 1.807) is 12.1 Å². The van der Waals surface area contributed by atoms with Gasteiger partial charge in [0, 0.05) is 0 Å². The minimum Gasteiger partial charge on any atom is -0.348 e. The van der Waals surface area contributed by atoms with E-state index in [1.165, 1.54) is 0 Å². The molecule has 3 aliphatic heterocycles. The van der Waals surface area contributed by atoms with Gasteiger partial charge in [0.25, 0.3) is 0 Å². The number of ether oxygens (including phenoxy) is 5. The molecular formula is C19H26O7S. The molecule has 150 valence electrons. The van der Waals surface area contributed by atoms with Crippen molar-refractivity contribution in [1.29, 1.82) is 0 Å². The minimum atomic E-state index is -1.67. The van der Waals surface area contributed by atoms with Crippen LogP contribution in [0, 0.1) is 6.92 Å². The summed E-state index contributed by atoms with van der Waals surface area (Å²) in [5, 5.41) is 0. The van der Waals surface area contributed by atoms with Gasteiger partial charge in [-0.2, -0.15) is 0 Å². The van der Waals surface area contributed by atoms with Gasteiger partial charge in [-0.05, 0) is 46.8 Å². The zero-order valence-electron chi connectivity index (χ0n) is 16.2. The van der Waals surface area contributed by atoms with Crippen LogP contribution in [0.15, 0.2) is 29.2 Å². The monoisotopic (exact) mass is 398 g/mol. The van der Waals surface area contributed by atoms with Crippen LogP contribution in [-0.2, 0) is 38.9 Å². The van der Waals surface area contributed by atoms with Gasteiger partial charge in [-0.25, -0.2) is 4.21 Å². The van der Waals surface area contributed by atoms with Crippen molar-refractivity contribution in [3.63, 3.8) is 0 Å². The first-order chi connectivity index (χ1) is 12.6. The van der Waals surface area contributed by atoms with Gasteiger partial charge < -0.3 is 23.7 Å². The van der Waals surface area contributed by atoms with Crippen LogP contribution in [-0.4, -0.2) is 53.1 Å². The Balaban J connectivity index is 1.55. The standard InChI is InChI=1S/C19H26O7S/c1-11-6-8-12(9-7-11)27(20)26-15-14(13-10-21-18(2,3)23-13)22-17-16(15)24-19(4,5)25-17/h6-9,13-17H,10H2,1-5H3/t13-,14-,15+,16-,17-,27?/m1/s1. The van der Waals surface area contributed by atoms with Crippen molar-refractivity contribution in [2.45, 2.75) is 81.8 Å². The van der Waals surface area contributed by atoms with E-state index in [1.807, 2.05) is 46.8 Å². The quantitative estimate of drug-likeness (QED) is 0.771. The predicted molar refractivity (Wildman–Crippen MR) is 96.1 cm³/mol. The minimum absolute atomic E-state index is 0.359. The molecular weight excluding hydrogens is 372 g/mol. The molecule has 0 amide bonds. The van der Waals surface area contributed by atoms with Crippen molar-refractivity contribution in [2.24, 2.45) is 0 Å². The molecule has 3 aliphatic rings. The highest BCUT2D eigenvalue weighted by atomic mass is 32.2. The molecule has 1 aromatic carbocycles. The Hall–Kier alpha value is -0.870. The topological polar surface area (TPSA) is 72.5 Å². The molecule has 0 bridgehead atoms. The van der Waals surface area contributed by atoms with E-state index in [0.717, 1.165) is 5.56 Å². The van der Waals surface area contributed by atoms with Gasteiger partial charge in [-0.15, -0.1) is 0 Å². The fourth-order valence-electron chi connectivity index (χ4n) is 3.60. The van der Waals surface area contributed by atoms with E-state index in [0.29, 0.717) is 11.5 Å². The van der Waals surface area contributed by atoms with Crippen molar-refractivity contribution in [3.05, 3.63) is 29.8 Å². The van der Waals surface area contributed by atoms with Crippen molar-refractivity contribution >= 4 is 11.1 Å². The molecule has 0 spiro atoms. The summed E-state index contributed by atoms with van der Waals surface area (Å²) in [6, 6.07) is 7.39. The molecule has 8 heteroatoms. The maximum absolute atomic E-state index is 12.8. The lowest BCUT2D eigenvalue weighted by Gasteiger charge is -2.28. The molecule has 7 nitrogen and oxygen atoms in total. The van der Waals surface area contributed by atoms with Crippen LogP contribution in [0.2, 0.25) is 0 Å². The van der Waals surface area contributed by atoms with Crippen LogP contribution in [0.3, 0.4) is 0 Å². The third-order valence-electron chi connectivity index (χ3n) is 4.84. The first-order valence-electron chi connectivity index (χ1n) is 9.12. The van der Waals surface area contributed by atoms with Gasteiger partial charge in [0.2, 0.25) is 0 Å². The summed E-state index contributed by atoms with van der Waals surface area (Å²) in [5.74, 6) is -1.49. The van der Waals surface area contributed by atoms with Crippen molar-refractivity contribution in [2.75, 3.05) is 6.61 Å². The fraction of sp³-hybridized carbons (Fsp3) is 0.684. The number of fused-ring (bicyclic) bond motifs is 1. The Kier molecular flexibility index (Phi) is 4.95. The lowest BCUT2D eigenvalue weighted by molar-refractivity contribution is -0.230. The van der Waals surface area contributed by atoms with Gasteiger partial charge in [0.1, 0.15) is 24.4 Å². The van der Waals surface area contributed by atoms with Gasteiger partial charge >= 0.3 is 0 Å². The lowest BCUT2D eigenvalue weighted by atomic mass is 10.1. The average Bonchev–Trinajstić information content (AvgIpc) is 3.18. The second-order valence-corrected chi connectivity index (χ2v) is 9.18. The van der Waals surface area contributed by atoms with Crippen LogP contribution in [0.1, 0.15) is 33.3 Å². The molecule has 6 atom stereocenters. The summed E-state index contributed by atoms with van der Waals surface area (Å²) in [6.45, 7) is 9.66. The molecule has 0 N–H and O–H groups in total. The molecule has 0 radical (unpaired) electrons. The second kappa shape index (κ2) is 6.88. The Morgan fingerprint density at radius 2 is 1.70 bits per heavy atom. The van der Waals surface area contributed by atoms with Crippen LogP contribution < -0.4 is 0 Å². The maximum Gasteiger partial charge on any atom is 0.190 e. The first-order valence-corrected chi connectivity index (χ1v) is 10.2. The zero-order valence-corrected chi connectivity index (χ0v) is 17.0. The molecule has 3 heterocycles. The van der Waals surface area contributed by atoms with Crippen molar-refractivity contribution in [3.8, 4) is 0 Å². The van der Waals surface area contributed by atoms with E-state index in [9.17, 15) is 4.21 Å². The first kappa shape index (κ1) is 19.4. The summed E-state index contributed by atoms with van der Waals surface area (Å²) in [5.41, 5.74) is 1.09. The van der Waals surface area contributed by atoms with Crippen molar-refractivity contribution in [1.82, 2.24) is 0 Å². The zero-order chi connectivity index (χ0) is 19.4. The summed E-state index contributed by atoms with van der Waals surface area (Å²) in [6.07, 6.45) is -2.57. The van der Waals surface area contributed by atoms with Crippen molar-refractivity contribution < 1.29 is 32.1 Å². The summed E-state index contributed by atoms with van der Waals surface area (Å²) in [7, 11) is 0. The molecule has 1 unspecified atom stereocenters.